The Hall–Kier alpha value is -4.17. The molecule has 8 heteroatoms. The highest BCUT2D eigenvalue weighted by Gasteiger charge is 2.55. The van der Waals surface area contributed by atoms with Crippen LogP contribution in [0, 0.1) is 5.41 Å². The Bertz CT molecular complexity index is 1460. The topological polar surface area (TPSA) is 99.2 Å². The van der Waals surface area contributed by atoms with E-state index in [1.807, 2.05) is 68.4 Å². The highest BCUT2D eigenvalue weighted by atomic mass is 16.5. The highest BCUT2D eigenvalue weighted by molar-refractivity contribution is 5.94. The number of ether oxygens (including phenoxy) is 1. The van der Waals surface area contributed by atoms with Crippen LogP contribution in [0.1, 0.15) is 49.3 Å². The zero-order chi connectivity index (χ0) is 29.5. The molecule has 2 N–H and O–H groups in total. The molecule has 2 saturated heterocycles. The molecule has 42 heavy (non-hydrogen) atoms. The monoisotopic (exact) mass is 567 g/mol. The number of amides is 2. The van der Waals surface area contributed by atoms with Crippen molar-refractivity contribution in [1.82, 2.24) is 15.1 Å². The lowest BCUT2D eigenvalue weighted by atomic mass is 9.84. The zero-order valence-electron chi connectivity index (χ0n) is 24.1. The quantitative estimate of drug-likeness (QED) is 0.422. The second-order valence-electron chi connectivity index (χ2n) is 12.5. The molecule has 6 rings (SSSR count). The summed E-state index contributed by atoms with van der Waals surface area (Å²) in [6.07, 6.45) is 0.272. The number of carboxylic acid groups (broad SMARTS) is 1. The van der Waals surface area contributed by atoms with Crippen LogP contribution in [0.5, 0.6) is 0 Å². The van der Waals surface area contributed by atoms with E-state index in [-0.39, 0.29) is 25.0 Å². The third-order valence-corrected chi connectivity index (χ3v) is 9.24. The molecule has 2 atom stereocenters. The first-order chi connectivity index (χ1) is 20.2. The Kier molecular flexibility index (Phi) is 7.27. The minimum absolute atomic E-state index is 0.108. The number of hydrogen-bond acceptors (Lipinski definition) is 5. The van der Waals surface area contributed by atoms with Crippen LogP contribution in [0.25, 0.3) is 11.1 Å². The Labute approximate surface area is 246 Å². The summed E-state index contributed by atoms with van der Waals surface area (Å²) in [5, 5.41) is 13.0. The van der Waals surface area contributed by atoms with Gasteiger partial charge in [0.15, 0.2) is 0 Å². The molecule has 2 fully saturated rings. The lowest BCUT2D eigenvalue weighted by molar-refractivity contribution is -0.153. The van der Waals surface area contributed by atoms with Crippen molar-refractivity contribution in [2.45, 2.75) is 50.7 Å². The molecule has 1 aliphatic carbocycles. The van der Waals surface area contributed by atoms with Gasteiger partial charge in [0.25, 0.3) is 5.91 Å². The van der Waals surface area contributed by atoms with Crippen LogP contribution in [-0.2, 0) is 20.9 Å². The number of carboxylic acids is 1. The van der Waals surface area contributed by atoms with Crippen molar-refractivity contribution in [3.63, 3.8) is 0 Å². The smallest absolute Gasteiger partial charge is 0.408 e. The molecule has 3 aromatic carbocycles. The number of likely N-dealkylation sites (tertiary alicyclic amines) is 2. The number of rotatable bonds is 7. The summed E-state index contributed by atoms with van der Waals surface area (Å²) < 4.78 is 5.85. The van der Waals surface area contributed by atoms with Gasteiger partial charge in [0, 0.05) is 32.1 Å². The van der Waals surface area contributed by atoms with E-state index in [9.17, 15) is 19.5 Å². The first kappa shape index (κ1) is 28.0. The Morgan fingerprint density at radius 1 is 0.881 bits per heavy atom. The average Bonchev–Trinajstić information content (AvgIpc) is 3.63. The van der Waals surface area contributed by atoms with Gasteiger partial charge >= 0.3 is 12.1 Å². The number of carbonyl (C=O) groups is 3. The summed E-state index contributed by atoms with van der Waals surface area (Å²) in [5.41, 5.74) is 3.73. The second kappa shape index (κ2) is 10.9. The molecule has 2 amide bonds. The minimum atomic E-state index is -1.29. The van der Waals surface area contributed by atoms with E-state index in [4.69, 9.17) is 4.74 Å². The number of aliphatic carboxylic acids is 1. The largest absolute Gasteiger partial charge is 0.480 e. The molecule has 3 aromatic rings. The van der Waals surface area contributed by atoms with Gasteiger partial charge in [-0.1, -0.05) is 92.7 Å². The normalized spacial score (nSPS) is 22.9. The number of benzene rings is 3. The first-order valence-corrected chi connectivity index (χ1v) is 14.6. The SMILES string of the molecule is CC1(C)CCN(C(=O)C2(NC(=O)OCC3c4ccccc4-c4ccccc43)CCN(Cc3ccccc3)C2)C1C(=O)O. The summed E-state index contributed by atoms with van der Waals surface area (Å²) in [6.45, 7) is 5.69. The number of carbonyl (C=O) groups excluding carboxylic acids is 2. The molecule has 0 saturated carbocycles. The van der Waals surface area contributed by atoms with Crippen LogP contribution in [0.3, 0.4) is 0 Å². The number of alkyl carbamates (subject to hydrolysis) is 1. The van der Waals surface area contributed by atoms with Crippen LogP contribution < -0.4 is 5.32 Å². The number of nitrogens with zero attached hydrogens (tertiary/aromatic N) is 2. The molecule has 0 aromatic heterocycles. The lowest BCUT2D eigenvalue weighted by Gasteiger charge is -2.36. The Morgan fingerprint density at radius 2 is 1.50 bits per heavy atom. The number of nitrogens with one attached hydrogen (secondary N) is 1. The number of hydrogen-bond donors (Lipinski definition) is 2. The van der Waals surface area contributed by atoms with Crippen molar-refractivity contribution >= 4 is 18.0 Å². The summed E-state index contributed by atoms with van der Waals surface area (Å²) in [7, 11) is 0. The van der Waals surface area contributed by atoms with Crippen molar-refractivity contribution in [2.24, 2.45) is 5.41 Å². The van der Waals surface area contributed by atoms with E-state index in [0.29, 0.717) is 32.5 Å². The molecule has 218 valence electrons. The van der Waals surface area contributed by atoms with Gasteiger partial charge in [-0.15, -0.1) is 0 Å². The summed E-state index contributed by atoms with van der Waals surface area (Å²) in [5.74, 6) is -1.49. The Morgan fingerprint density at radius 3 is 2.14 bits per heavy atom. The van der Waals surface area contributed by atoms with Gasteiger partial charge < -0.3 is 20.1 Å². The summed E-state index contributed by atoms with van der Waals surface area (Å²) >= 11 is 0. The van der Waals surface area contributed by atoms with Gasteiger partial charge in [-0.2, -0.15) is 0 Å². The maximum absolute atomic E-state index is 14.3. The maximum Gasteiger partial charge on any atom is 0.408 e. The fourth-order valence-corrected chi connectivity index (χ4v) is 7.08. The first-order valence-electron chi connectivity index (χ1n) is 14.6. The van der Waals surface area contributed by atoms with E-state index in [1.165, 1.54) is 4.90 Å². The molecule has 0 radical (unpaired) electrons. The van der Waals surface area contributed by atoms with Gasteiger partial charge in [0.05, 0.1) is 0 Å². The van der Waals surface area contributed by atoms with Crippen molar-refractivity contribution in [2.75, 3.05) is 26.2 Å². The van der Waals surface area contributed by atoms with Crippen LogP contribution in [-0.4, -0.2) is 70.7 Å². The van der Waals surface area contributed by atoms with Crippen LogP contribution in [0.4, 0.5) is 4.79 Å². The van der Waals surface area contributed by atoms with E-state index >= 15 is 0 Å². The highest BCUT2D eigenvalue weighted by Crippen LogP contribution is 2.44. The van der Waals surface area contributed by atoms with Crippen molar-refractivity contribution in [3.8, 4) is 11.1 Å². The van der Waals surface area contributed by atoms with Crippen molar-refractivity contribution < 1.29 is 24.2 Å². The fraction of sp³-hybridized carbons (Fsp3) is 0.382. The molecule has 8 nitrogen and oxygen atoms in total. The van der Waals surface area contributed by atoms with Crippen LogP contribution in [0.2, 0.25) is 0 Å². The molecule has 3 aliphatic rings. The molecule has 2 aliphatic heterocycles. The van der Waals surface area contributed by atoms with Crippen LogP contribution >= 0.6 is 0 Å². The maximum atomic E-state index is 14.3. The standard InChI is InChI=1S/C34H37N3O5/c1-33(2)16-19-37(29(33)30(38)39)31(40)34(17-18-36(22-34)20-23-10-4-3-5-11-23)35-32(41)42-21-28-26-14-8-6-12-24(26)25-13-7-9-15-27(25)28/h3-15,28-29H,16-22H2,1-2H3,(H,35,41)(H,38,39). The second-order valence-corrected chi connectivity index (χ2v) is 12.5. The van der Waals surface area contributed by atoms with Gasteiger partial charge in [-0.25, -0.2) is 9.59 Å². The van der Waals surface area contributed by atoms with Crippen molar-refractivity contribution in [3.05, 3.63) is 95.6 Å². The third kappa shape index (κ3) is 5.04. The van der Waals surface area contributed by atoms with E-state index in [2.05, 4.69) is 34.5 Å². The van der Waals surface area contributed by atoms with E-state index < -0.39 is 29.1 Å². The number of fused-ring (bicyclic) bond motifs is 3. The van der Waals surface area contributed by atoms with Gasteiger partial charge in [0.1, 0.15) is 18.2 Å². The predicted molar refractivity (Wildman–Crippen MR) is 159 cm³/mol. The predicted octanol–water partition coefficient (Wildman–Crippen LogP) is 4.88. The minimum Gasteiger partial charge on any atom is -0.480 e. The third-order valence-electron chi connectivity index (χ3n) is 9.24. The zero-order valence-corrected chi connectivity index (χ0v) is 24.1. The average molecular weight is 568 g/mol. The van der Waals surface area contributed by atoms with Gasteiger partial charge in [0.2, 0.25) is 0 Å². The molecule has 0 bridgehead atoms. The molecule has 2 heterocycles. The van der Waals surface area contributed by atoms with Gasteiger partial charge in [-0.05, 0) is 46.1 Å². The molecule has 2 unspecified atom stereocenters. The molecular formula is C34H37N3O5. The van der Waals surface area contributed by atoms with E-state index in [1.54, 1.807) is 0 Å². The fourth-order valence-electron chi connectivity index (χ4n) is 7.08. The Balaban J connectivity index is 1.23. The van der Waals surface area contributed by atoms with Gasteiger partial charge in [-0.3, -0.25) is 9.69 Å². The van der Waals surface area contributed by atoms with Crippen molar-refractivity contribution in [1.29, 1.82) is 0 Å². The summed E-state index contributed by atoms with van der Waals surface area (Å²) in [6, 6.07) is 25.3. The molecule has 0 spiro atoms. The lowest BCUT2D eigenvalue weighted by Crippen LogP contribution is -2.63. The molecular weight excluding hydrogens is 530 g/mol. The summed E-state index contributed by atoms with van der Waals surface area (Å²) in [4.78, 5) is 43.6. The van der Waals surface area contributed by atoms with Crippen LogP contribution in [0.15, 0.2) is 78.9 Å². The van der Waals surface area contributed by atoms with E-state index in [0.717, 1.165) is 27.8 Å².